The van der Waals surface area contributed by atoms with Crippen LogP contribution in [0.25, 0.3) is 22.6 Å². The molecule has 2 aromatic carbocycles. The number of fused-ring (bicyclic) bond motifs is 1. The van der Waals surface area contributed by atoms with Crippen LogP contribution in [0, 0.1) is 5.92 Å². The first kappa shape index (κ1) is 14.9. The molecule has 122 valence electrons. The first-order valence-corrected chi connectivity index (χ1v) is 8.47. The summed E-state index contributed by atoms with van der Waals surface area (Å²) in [7, 11) is 0. The summed E-state index contributed by atoms with van der Waals surface area (Å²) in [6.45, 7) is 0. The van der Waals surface area contributed by atoms with E-state index in [4.69, 9.17) is 9.15 Å². The van der Waals surface area contributed by atoms with Gasteiger partial charge in [0.05, 0.1) is 5.92 Å². The molecule has 1 saturated carbocycles. The third-order valence-electron chi connectivity index (χ3n) is 4.54. The van der Waals surface area contributed by atoms with Crippen molar-refractivity contribution in [1.29, 1.82) is 0 Å². The van der Waals surface area contributed by atoms with Crippen LogP contribution in [0.15, 0.2) is 52.9 Å². The highest BCUT2D eigenvalue weighted by Crippen LogP contribution is 2.29. The molecule has 4 nitrogen and oxygen atoms in total. The van der Waals surface area contributed by atoms with Crippen molar-refractivity contribution in [3.05, 3.63) is 48.5 Å². The summed E-state index contributed by atoms with van der Waals surface area (Å²) in [6, 6.07) is 15.1. The predicted molar refractivity (Wildman–Crippen MR) is 91.7 cm³/mol. The topological polar surface area (TPSA) is 52.3 Å². The number of hydrogen-bond acceptors (Lipinski definition) is 4. The van der Waals surface area contributed by atoms with Crippen LogP contribution in [0.1, 0.15) is 32.1 Å². The number of oxazole rings is 1. The molecule has 0 radical (unpaired) electrons. The summed E-state index contributed by atoms with van der Waals surface area (Å²) >= 11 is 0. The molecule has 3 aromatic rings. The Bertz CT molecular complexity index is 848. The summed E-state index contributed by atoms with van der Waals surface area (Å²) < 4.78 is 11.4. The minimum atomic E-state index is -0.128. The van der Waals surface area contributed by atoms with Crippen molar-refractivity contribution in [3.8, 4) is 17.2 Å². The van der Waals surface area contributed by atoms with Gasteiger partial charge in [0, 0.05) is 11.6 Å². The minimum Gasteiger partial charge on any atom is -0.436 e. The van der Waals surface area contributed by atoms with E-state index in [9.17, 15) is 4.79 Å². The van der Waals surface area contributed by atoms with Gasteiger partial charge in [-0.25, -0.2) is 4.98 Å². The third kappa shape index (κ3) is 3.04. The fourth-order valence-corrected chi connectivity index (χ4v) is 3.21. The Morgan fingerprint density at radius 2 is 1.83 bits per heavy atom. The normalized spacial score (nSPS) is 15.5. The third-order valence-corrected chi connectivity index (χ3v) is 4.54. The molecule has 1 aliphatic carbocycles. The van der Waals surface area contributed by atoms with Gasteiger partial charge in [-0.15, -0.1) is 0 Å². The maximum atomic E-state index is 12.3. The lowest BCUT2D eigenvalue weighted by Crippen LogP contribution is -2.22. The first-order valence-electron chi connectivity index (χ1n) is 8.47. The molecule has 0 atom stereocenters. The largest absolute Gasteiger partial charge is 0.436 e. The van der Waals surface area contributed by atoms with Crippen LogP contribution >= 0.6 is 0 Å². The second-order valence-corrected chi connectivity index (χ2v) is 6.27. The Labute approximate surface area is 140 Å². The zero-order valence-electron chi connectivity index (χ0n) is 13.4. The van der Waals surface area contributed by atoms with Gasteiger partial charge in [0.2, 0.25) is 5.89 Å². The van der Waals surface area contributed by atoms with Crippen molar-refractivity contribution < 1.29 is 13.9 Å². The van der Waals surface area contributed by atoms with E-state index in [2.05, 4.69) is 4.98 Å². The molecule has 1 aromatic heterocycles. The standard InChI is InChI=1S/C20H19NO3/c22-20(15-9-5-2-6-10-15)23-16-11-12-17-18(13-16)24-19(21-17)14-7-3-1-4-8-14/h1,3-4,7-8,11-13,15H,2,5-6,9-10H2. The first-order chi connectivity index (χ1) is 11.8. The number of aromatic nitrogens is 1. The van der Waals surface area contributed by atoms with E-state index in [0.29, 0.717) is 17.2 Å². The molecule has 4 rings (SSSR count). The van der Waals surface area contributed by atoms with Crippen LogP contribution in [0.3, 0.4) is 0 Å². The molecule has 0 amide bonds. The molecule has 0 unspecified atom stereocenters. The highest BCUT2D eigenvalue weighted by molar-refractivity contribution is 5.80. The van der Waals surface area contributed by atoms with Crippen molar-refractivity contribution in [2.75, 3.05) is 0 Å². The fourth-order valence-electron chi connectivity index (χ4n) is 3.21. The number of benzene rings is 2. The SMILES string of the molecule is O=C(Oc1ccc2nc(-c3ccccc3)oc2c1)C1CCCCC1. The van der Waals surface area contributed by atoms with Crippen molar-refractivity contribution in [2.24, 2.45) is 5.92 Å². The second-order valence-electron chi connectivity index (χ2n) is 6.27. The molecule has 0 spiro atoms. The zero-order chi connectivity index (χ0) is 16.4. The van der Waals surface area contributed by atoms with Gasteiger partial charge in [-0.05, 0) is 37.1 Å². The summed E-state index contributed by atoms with van der Waals surface area (Å²) in [6.07, 6.45) is 5.31. The van der Waals surface area contributed by atoms with Crippen LogP contribution < -0.4 is 4.74 Å². The molecule has 1 aliphatic rings. The number of ether oxygens (including phenoxy) is 1. The lowest BCUT2D eigenvalue weighted by Gasteiger charge is -2.19. The van der Waals surface area contributed by atoms with Crippen LogP contribution in [0.5, 0.6) is 5.75 Å². The Morgan fingerprint density at radius 3 is 2.62 bits per heavy atom. The Balaban J connectivity index is 1.56. The molecule has 0 aliphatic heterocycles. The van der Waals surface area contributed by atoms with E-state index in [0.717, 1.165) is 36.8 Å². The molecular formula is C20H19NO3. The fraction of sp³-hybridized carbons (Fsp3) is 0.300. The van der Waals surface area contributed by atoms with E-state index >= 15 is 0 Å². The van der Waals surface area contributed by atoms with Crippen LogP contribution in [-0.4, -0.2) is 11.0 Å². The molecule has 24 heavy (non-hydrogen) atoms. The maximum absolute atomic E-state index is 12.3. The Hall–Kier alpha value is -2.62. The molecule has 4 heteroatoms. The number of rotatable bonds is 3. The van der Waals surface area contributed by atoms with Gasteiger partial charge in [0.15, 0.2) is 5.58 Å². The van der Waals surface area contributed by atoms with Crippen molar-refractivity contribution in [1.82, 2.24) is 4.98 Å². The molecule has 0 N–H and O–H groups in total. The zero-order valence-corrected chi connectivity index (χ0v) is 13.4. The van der Waals surface area contributed by atoms with E-state index in [1.807, 2.05) is 36.4 Å². The maximum Gasteiger partial charge on any atom is 0.314 e. The van der Waals surface area contributed by atoms with Gasteiger partial charge in [-0.3, -0.25) is 4.79 Å². The Morgan fingerprint density at radius 1 is 1.04 bits per heavy atom. The Kier molecular flexibility index (Phi) is 4.03. The lowest BCUT2D eigenvalue weighted by molar-refractivity contribution is -0.139. The summed E-state index contributed by atoms with van der Waals surface area (Å²) in [4.78, 5) is 16.7. The lowest BCUT2D eigenvalue weighted by atomic mass is 9.89. The van der Waals surface area contributed by atoms with Crippen LogP contribution in [-0.2, 0) is 4.79 Å². The molecule has 1 heterocycles. The number of carbonyl (C=O) groups is 1. The van der Waals surface area contributed by atoms with Gasteiger partial charge < -0.3 is 9.15 Å². The van der Waals surface area contributed by atoms with E-state index < -0.39 is 0 Å². The van der Waals surface area contributed by atoms with E-state index in [1.165, 1.54) is 6.42 Å². The van der Waals surface area contributed by atoms with Gasteiger partial charge in [0.1, 0.15) is 11.3 Å². The second kappa shape index (κ2) is 6.48. The molecular weight excluding hydrogens is 302 g/mol. The number of carbonyl (C=O) groups excluding carboxylic acids is 1. The quantitative estimate of drug-likeness (QED) is 0.504. The van der Waals surface area contributed by atoms with E-state index in [-0.39, 0.29) is 11.9 Å². The highest BCUT2D eigenvalue weighted by atomic mass is 16.5. The summed E-state index contributed by atoms with van der Waals surface area (Å²) in [5, 5.41) is 0. The number of nitrogens with zero attached hydrogens (tertiary/aromatic N) is 1. The van der Waals surface area contributed by atoms with Gasteiger partial charge in [-0.2, -0.15) is 0 Å². The summed E-state index contributed by atoms with van der Waals surface area (Å²) in [5.41, 5.74) is 2.31. The highest BCUT2D eigenvalue weighted by Gasteiger charge is 2.23. The minimum absolute atomic E-state index is 0.0315. The van der Waals surface area contributed by atoms with E-state index in [1.54, 1.807) is 12.1 Å². The smallest absolute Gasteiger partial charge is 0.314 e. The molecule has 0 saturated heterocycles. The van der Waals surface area contributed by atoms with Crippen LogP contribution in [0.2, 0.25) is 0 Å². The average molecular weight is 321 g/mol. The monoisotopic (exact) mass is 321 g/mol. The van der Waals surface area contributed by atoms with Crippen molar-refractivity contribution in [3.63, 3.8) is 0 Å². The number of esters is 1. The van der Waals surface area contributed by atoms with Crippen LogP contribution in [0.4, 0.5) is 0 Å². The van der Waals surface area contributed by atoms with Crippen molar-refractivity contribution >= 4 is 17.1 Å². The van der Waals surface area contributed by atoms with Gasteiger partial charge in [-0.1, -0.05) is 37.5 Å². The summed E-state index contributed by atoms with van der Waals surface area (Å²) in [5.74, 6) is 0.996. The molecule has 0 bridgehead atoms. The predicted octanol–water partition coefficient (Wildman–Crippen LogP) is 4.98. The van der Waals surface area contributed by atoms with Gasteiger partial charge >= 0.3 is 5.97 Å². The average Bonchev–Trinajstić information content (AvgIpc) is 3.06. The number of hydrogen-bond donors (Lipinski definition) is 0. The van der Waals surface area contributed by atoms with Crippen molar-refractivity contribution in [2.45, 2.75) is 32.1 Å². The molecule has 1 fully saturated rings. The van der Waals surface area contributed by atoms with Gasteiger partial charge in [0.25, 0.3) is 0 Å².